The van der Waals surface area contributed by atoms with Crippen molar-refractivity contribution in [2.75, 3.05) is 0 Å². The van der Waals surface area contributed by atoms with Gasteiger partial charge in [0, 0.05) is 6.07 Å². The Morgan fingerprint density at radius 3 is 2.47 bits per heavy atom. The summed E-state index contributed by atoms with van der Waals surface area (Å²) in [4.78, 5) is 0. The Bertz CT molecular complexity index is 600. The Labute approximate surface area is 117 Å². The molecule has 0 bridgehead atoms. The number of rotatable bonds is 3. The lowest BCUT2D eigenvalue weighted by molar-refractivity contribution is 0.199. The molecule has 0 heterocycles. The van der Waals surface area contributed by atoms with Crippen LogP contribution < -0.4 is 4.74 Å². The van der Waals surface area contributed by atoms with Gasteiger partial charge in [0.15, 0.2) is 11.6 Å². The first kappa shape index (κ1) is 14.0. The van der Waals surface area contributed by atoms with E-state index in [2.05, 4.69) is 15.9 Å². The summed E-state index contributed by atoms with van der Waals surface area (Å²) in [5.74, 6) is -1.07. The van der Waals surface area contributed by atoms with Gasteiger partial charge in [0.25, 0.3) is 0 Å². The van der Waals surface area contributed by atoms with Crippen LogP contribution in [0.2, 0.25) is 0 Å². The second kappa shape index (κ2) is 5.67. The Kier molecular flexibility index (Phi) is 4.17. The molecule has 0 aliphatic heterocycles. The largest absolute Gasteiger partial charge is 0.453 e. The van der Waals surface area contributed by atoms with Gasteiger partial charge in [0.05, 0.1) is 10.6 Å². The molecule has 0 aromatic heterocycles. The molecule has 100 valence electrons. The second-order valence-electron chi connectivity index (χ2n) is 4.04. The van der Waals surface area contributed by atoms with Crippen molar-refractivity contribution in [2.45, 2.75) is 13.0 Å². The Morgan fingerprint density at radius 2 is 1.84 bits per heavy atom. The molecular weight excluding hydrogens is 318 g/mol. The molecule has 0 unspecified atom stereocenters. The van der Waals surface area contributed by atoms with Crippen LogP contribution in [0, 0.1) is 11.6 Å². The maximum Gasteiger partial charge on any atom is 0.166 e. The SMILES string of the molecule is C[C@H](O)c1ccc(Oc2cc(F)ccc2F)c(Br)c1. The van der Waals surface area contributed by atoms with Crippen LogP contribution in [0.4, 0.5) is 8.78 Å². The van der Waals surface area contributed by atoms with Crippen LogP contribution in [0.15, 0.2) is 40.9 Å². The minimum absolute atomic E-state index is 0.189. The lowest BCUT2D eigenvalue weighted by Gasteiger charge is -2.11. The van der Waals surface area contributed by atoms with Crippen molar-refractivity contribution in [3.05, 3.63) is 58.1 Å². The summed E-state index contributed by atoms with van der Waals surface area (Å²) in [5.41, 5.74) is 0.693. The van der Waals surface area contributed by atoms with E-state index in [0.717, 1.165) is 18.2 Å². The molecule has 5 heteroatoms. The van der Waals surface area contributed by atoms with Crippen molar-refractivity contribution in [1.82, 2.24) is 0 Å². The van der Waals surface area contributed by atoms with Crippen molar-refractivity contribution < 1.29 is 18.6 Å². The van der Waals surface area contributed by atoms with Gasteiger partial charge in [0.1, 0.15) is 11.6 Å². The third-order valence-corrected chi connectivity index (χ3v) is 3.17. The van der Waals surface area contributed by atoms with E-state index in [1.165, 1.54) is 0 Å². The molecule has 0 saturated carbocycles. The fraction of sp³-hybridized carbons (Fsp3) is 0.143. The zero-order valence-corrected chi connectivity index (χ0v) is 11.6. The Morgan fingerprint density at radius 1 is 1.11 bits per heavy atom. The van der Waals surface area contributed by atoms with Gasteiger partial charge in [-0.3, -0.25) is 0 Å². The molecule has 0 saturated heterocycles. The fourth-order valence-electron chi connectivity index (χ4n) is 1.53. The second-order valence-corrected chi connectivity index (χ2v) is 4.90. The smallest absolute Gasteiger partial charge is 0.166 e. The van der Waals surface area contributed by atoms with E-state index in [0.29, 0.717) is 15.8 Å². The van der Waals surface area contributed by atoms with E-state index in [9.17, 15) is 13.9 Å². The number of ether oxygens (including phenoxy) is 1. The lowest BCUT2D eigenvalue weighted by atomic mass is 10.1. The van der Waals surface area contributed by atoms with Crippen molar-refractivity contribution in [2.24, 2.45) is 0 Å². The number of hydrogen-bond donors (Lipinski definition) is 1. The number of hydrogen-bond acceptors (Lipinski definition) is 2. The van der Waals surface area contributed by atoms with Crippen LogP contribution in [0.25, 0.3) is 0 Å². The van der Waals surface area contributed by atoms with Crippen molar-refractivity contribution >= 4 is 15.9 Å². The lowest BCUT2D eigenvalue weighted by Crippen LogP contribution is -1.94. The molecular formula is C14H11BrF2O2. The number of aliphatic hydroxyl groups is 1. The summed E-state index contributed by atoms with van der Waals surface area (Å²) < 4.78 is 32.3. The zero-order chi connectivity index (χ0) is 14.0. The van der Waals surface area contributed by atoms with Gasteiger partial charge in [0.2, 0.25) is 0 Å². The highest BCUT2D eigenvalue weighted by molar-refractivity contribution is 9.10. The first-order valence-electron chi connectivity index (χ1n) is 5.58. The number of benzene rings is 2. The average Bonchev–Trinajstić information content (AvgIpc) is 2.36. The van der Waals surface area contributed by atoms with E-state index in [1.807, 2.05) is 0 Å². The summed E-state index contributed by atoms with van der Waals surface area (Å²) in [5, 5.41) is 9.44. The van der Waals surface area contributed by atoms with Gasteiger partial charge in [-0.1, -0.05) is 6.07 Å². The molecule has 0 spiro atoms. The Hall–Kier alpha value is -1.46. The first-order valence-corrected chi connectivity index (χ1v) is 6.37. The normalized spacial score (nSPS) is 12.3. The predicted molar refractivity (Wildman–Crippen MR) is 71.2 cm³/mol. The number of aliphatic hydroxyl groups excluding tert-OH is 1. The standard InChI is InChI=1S/C14H11BrF2O2/c1-8(18)9-2-5-13(11(15)6-9)19-14-7-10(16)3-4-12(14)17/h2-8,18H,1H3/t8-/m0/s1. The monoisotopic (exact) mass is 328 g/mol. The van der Waals surface area contributed by atoms with Crippen LogP contribution in [0.3, 0.4) is 0 Å². The molecule has 0 amide bonds. The van der Waals surface area contributed by atoms with Crippen molar-refractivity contribution in [1.29, 1.82) is 0 Å². The number of halogens is 3. The van der Waals surface area contributed by atoms with Gasteiger partial charge in [-0.05, 0) is 52.7 Å². The van der Waals surface area contributed by atoms with Gasteiger partial charge >= 0.3 is 0 Å². The Balaban J connectivity index is 2.31. The minimum atomic E-state index is -0.645. The molecule has 1 atom stereocenters. The molecule has 1 N–H and O–H groups in total. The van der Waals surface area contributed by atoms with Crippen molar-refractivity contribution in [3.8, 4) is 11.5 Å². The molecule has 2 rings (SSSR count). The quantitative estimate of drug-likeness (QED) is 0.894. The van der Waals surface area contributed by atoms with Gasteiger partial charge < -0.3 is 9.84 Å². The van der Waals surface area contributed by atoms with E-state index in [4.69, 9.17) is 4.74 Å². The maximum atomic E-state index is 13.4. The average molecular weight is 329 g/mol. The fourth-order valence-corrected chi connectivity index (χ4v) is 2.01. The van der Waals surface area contributed by atoms with E-state index in [1.54, 1.807) is 25.1 Å². The minimum Gasteiger partial charge on any atom is -0.453 e. The molecule has 0 radical (unpaired) electrons. The van der Waals surface area contributed by atoms with E-state index in [-0.39, 0.29) is 5.75 Å². The van der Waals surface area contributed by atoms with Crippen LogP contribution in [0.1, 0.15) is 18.6 Å². The molecule has 2 nitrogen and oxygen atoms in total. The van der Waals surface area contributed by atoms with E-state index >= 15 is 0 Å². The predicted octanol–water partition coefficient (Wildman–Crippen LogP) is 4.57. The van der Waals surface area contributed by atoms with Crippen LogP contribution in [0.5, 0.6) is 11.5 Å². The topological polar surface area (TPSA) is 29.5 Å². The van der Waals surface area contributed by atoms with Gasteiger partial charge in [-0.25, -0.2) is 8.78 Å². The molecule has 2 aromatic rings. The highest BCUT2D eigenvalue weighted by atomic mass is 79.9. The molecule has 0 fully saturated rings. The van der Waals surface area contributed by atoms with Crippen LogP contribution in [-0.2, 0) is 0 Å². The van der Waals surface area contributed by atoms with Crippen LogP contribution in [-0.4, -0.2) is 5.11 Å². The van der Waals surface area contributed by atoms with Crippen molar-refractivity contribution in [3.63, 3.8) is 0 Å². The van der Waals surface area contributed by atoms with Gasteiger partial charge in [-0.15, -0.1) is 0 Å². The summed E-state index contributed by atoms with van der Waals surface area (Å²) >= 11 is 3.26. The summed E-state index contributed by atoms with van der Waals surface area (Å²) in [6, 6.07) is 7.90. The third kappa shape index (κ3) is 3.30. The summed E-state index contributed by atoms with van der Waals surface area (Å²) in [6.07, 6.45) is -0.615. The first-order chi connectivity index (χ1) is 8.97. The maximum absolute atomic E-state index is 13.4. The van der Waals surface area contributed by atoms with Gasteiger partial charge in [-0.2, -0.15) is 0 Å². The molecule has 0 aliphatic carbocycles. The zero-order valence-electron chi connectivity index (χ0n) is 10.0. The highest BCUT2D eigenvalue weighted by Gasteiger charge is 2.10. The molecule has 2 aromatic carbocycles. The van der Waals surface area contributed by atoms with Crippen LogP contribution >= 0.6 is 15.9 Å². The summed E-state index contributed by atoms with van der Waals surface area (Å²) in [6.45, 7) is 1.63. The third-order valence-electron chi connectivity index (χ3n) is 2.55. The molecule has 0 aliphatic rings. The summed E-state index contributed by atoms with van der Waals surface area (Å²) in [7, 11) is 0. The van der Waals surface area contributed by atoms with E-state index < -0.39 is 17.7 Å². The highest BCUT2D eigenvalue weighted by Crippen LogP contribution is 2.33. The molecule has 19 heavy (non-hydrogen) atoms.